The van der Waals surface area contributed by atoms with E-state index in [0.717, 1.165) is 23.3 Å². The second-order valence-electron chi connectivity index (χ2n) is 11.1. The summed E-state index contributed by atoms with van der Waals surface area (Å²) in [5.41, 5.74) is 0.461. The smallest absolute Gasteiger partial charge is 0.354 e. The van der Waals surface area contributed by atoms with Gasteiger partial charge in [0, 0.05) is 24.0 Å². The SMILES string of the molecule is CCCNC(=O)[C@H](Cc1ccccc1)N(Cc1cccc(Br)c1)C(=O)CN(c1ccc(Cl)c(C(F)(F)F)c1)S(=O)(=O)c1ccc(C)cc1. The predicted octanol–water partition coefficient (Wildman–Crippen LogP) is 7.79. The standard InChI is InChI=1S/C35H34BrClF3N3O4S/c1-3-18-41-34(45)32(20-25-8-5-4-6-9-25)42(22-26-10-7-11-27(36)19-26)33(44)23-43(48(46,47)29-15-12-24(2)13-16-29)28-14-17-31(37)30(21-28)35(38,39)40/h4-17,19,21,32H,3,18,20,22-23H2,1-2H3,(H,41,45)/t32-/m0/s1. The second kappa shape index (κ2) is 16.0. The van der Waals surface area contributed by atoms with Crippen molar-refractivity contribution in [3.05, 3.63) is 129 Å². The van der Waals surface area contributed by atoms with E-state index in [9.17, 15) is 31.2 Å². The van der Waals surface area contributed by atoms with Crippen LogP contribution in [0.5, 0.6) is 0 Å². The van der Waals surface area contributed by atoms with Gasteiger partial charge in [-0.2, -0.15) is 13.2 Å². The quantitative estimate of drug-likeness (QED) is 0.151. The number of alkyl halides is 3. The van der Waals surface area contributed by atoms with E-state index in [1.54, 1.807) is 55.5 Å². The summed E-state index contributed by atoms with van der Waals surface area (Å²) in [5, 5.41) is 2.22. The van der Waals surface area contributed by atoms with Crippen LogP contribution in [0.2, 0.25) is 5.02 Å². The Morgan fingerprint density at radius 3 is 2.21 bits per heavy atom. The van der Waals surface area contributed by atoms with Crippen molar-refractivity contribution >= 4 is 55.1 Å². The Morgan fingerprint density at radius 2 is 1.58 bits per heavy atom. The Morgan fingerprint density at radius 1 is 0.917 bits per heavy atom. The van der Waals surface area contributed by atoms with E-state index >= 15 is 0 Å². The number of nitrogens with zero attached hydrogens (tertiary/aromatic N) is 2. The van der Waals surface area contributed by atoms with Crippen LogP contribution in [0.1, 0.15) is 35.6 Å². The average molecular weight is 765 g/mol. The number of aryl methyl sites for hydroxylation is 1. The van der Waals surface area contributed by atoms with Gasteiger partial charge in [-0.15, -0.1) is 0 Å². The number of rotatable bonds is 13. The molecule has 0 saturated heterocycles. The van der Waals surface area contributed by atoms with Crippen LogP contribution in [0.3, 0.4) is 0 Å². The molecule has 2 amide bonds. The number of hydrogen-bond donors (Lipinski definition) is 1. The molecular weight excluding hydrogens is 731 g/mol. The highest BCUT2D eigenvalue weighted by Crippen LogP contribution is 2.38. The summed E-state index contributed by atoms with van der Waals surface area (Å²) in [6.45, 7) is 2.97. The van der Waals surface area contributed by atoms with Gasteiger partial charge in [0.05, 0.1) is 21.2 Å². The third kappa shape index (κ3) is 9.39. The number of hydrogen-bond acceptors (Lipinski definition) is 4. The third-order valence-electron chi connectivity index (χ3n) is 7.49. The van der Waals surface area contributed by atoms with Crippen LogP contribution in [-0.4, -0.2) is 44.3 Å². The number of carbonyl (C=O) groups excluding carboxylic acids is 2. The number of amides is 2. The van der Waals surface area contributed by atoms with Gasteiger partial charge in [-0.3, -0.25) is 13.9 Å². The van der Waals surface area contributed by atoms with Crippen LogP contribution in [0.4, 0.5) is 18.9 Å². The molecule has 0 saturated carbocycles. The van der Waals surface area contributed by atoms with Crippen molar-refractivity contribution in [2.45, 2.75) is 50.3 Å². The Balaban J connectivity index is 1.86. The molecule has 0 unspecified atom stereocenters. The van der Waals surface area contributed by atoms with Crippen molar-refractivity contribution in [2.75, 3.05) is 17.4 Å². The minimum atomic E-state index is -4.90. The lowest BCUT2D eigenvalue weighted by Gasteiger charge is -2.34. The summed E-state index contributed by atoms with van der Waals surface area (Å²) in [7, 11) is -4.61. The van der Waals surface area contributed by atoms with Gasteiger partial charge in [0.1, 0.15) is 12.6 Å². The van der Waals surface area contributed by atoms with Crippen molar-refractivity contribution in [1.29, 1.82) is 0 Å². The molecule has 0 aromatic heterocycles. The fraction of sp³-hybridized carbons (Fsp3) is 0.257. The van der Waals surface area contributed by atoms with Gasteiger partial charge in [-0.1, -0.05) is 94.6 Å². The van der Waals surface area contributed by atoms with Gasteiger partial charge in [0.15, 0.2) is 0 Å². The number of anilines is 1. The zero-order chi connectivity index (χ0) is 35.1. The van der Waals surface area contributed by atoms with Gasteiger partial charge in [-0.05, 0) is 66.9 Å². The first-order valence-corrected chi connectivity index (χ1v) is 17.6. The minimum absolute atomic E-state index is 0.0951. The molecule has 0 aliphatic rings. The number of carbonyl (C=O) groups is 2. The molecule has 0 aliphatic heterocycles. The predicted molar refractivity (Wildman–Crippen MR) is 184 cm³/mol. The molecule has 7 nitrogen and oxygen atoms in total. The van der Waals surface area contributed by atoms with E-state index in [2.05, 4.69) is 21.2 Å². The highest BCUT2D eigenvalue weighted by Gasteiger charge is 2.37. The van der Waals surface area contributed by atoms with Crippen LogP contribution < -0.4 is 9.62 Å². The Hall–Kier alpha value is -3.87. The molecule has 4 rings (SSSR count). The number of benzene rings is 4. The Bertz CT molecular complexity index is 1840. The first-order valence-electron chi connectivity index (χ1n) is 15.0. The van der Waals surface area contributed by atoms with E-state index in [1.165, 1.54) is 17.0 Å². The summed E-state index contributed by atoms with van der Waals surface area (Å²) in [4.78, 5) is 29.3. The van der Waals surface area contributed by atoms with Gasteiger partial charge in [-0.25, -0.2) is 8.42 Å². The maximum Gasteiger partial charge on any atom is 0.417 e. The molecule has 0 spiro atoms. The zero-order valence-corrected chi connectivity index (χ0v) is 29.3. The highest BCUT2D eigenvalue weighted by molar-refractivity contribution is 9.10. The van der Waals surface area contributed by atoms with Crippen LogP contribution in [0.25, 0.3) is 0 Å². The molecule has 0 heterocycles. The van der Waals surface area contributed by atoms with Gasteiger partial charge in [0.25, 0.3) is 10.0 Å². The molecule has 13 heteroatoms. The van der Waals surface area contributed by atoms with Crippen molar-refractivity contribution in [1.82, 2.24) is 10.2 Å². The summed E-state index contributed by atoms with van der Waals surface area (Å²) >= 11 is 9.30. The van der Waals surface area contributed by atoms with E-state index < -0.39 is 56.9 Å². The lowest BCUT2D eigenvalue weighted by atomic mass is 10.0. The van der Waals surface area contributed by atoms with Gasteiger partial charge in [0.2, 0.25) is 11.8 Å². The van der Waals surface area contributed by atoms with Gasteiger partial charge >= 0.3 is 6.18 Å². The summed E-state index contributed by atoms with van der Waals surface area (Å²) in [5.74, 6) is -1.26. The lowest BCUT2D eigenvalue weighted by Crippen LogP contribution is -2.53. The van der Waals surface area contributed by atoms with Crippen molar-refractivity contribution in [2.24, 2.45) is 0 Å². The molecule has 0 aliphatic carbocycles. The normalized spacial score (nSPS) is 12.3. The summed E-state index contributed by atoms with van der Waals surface area (Å²) in [6.07, 6.45) is -4.18. The van der Waals surface area contributed by atoms with Crippen LogP contribution in [0.15, 0.2) is 106 Å². The number of nitrogens with one attached hydrogen (secondary N) is 1. The van der Waals surface area contributed by atoms with Crippen molar-refractivity contribution in [3.8, 4) is 0 Å². The van der Waals surface area contributed by atoms with Crippen molar-refractivity contribution in [3.63, 3.8) is 0 Å². The molecular formula is C35H34BrClF3N3O4S. The third-order valence-corrected chi connectivity index (χ3v) is 10.1. The molecule has 0 radical (unpaired) electrons. The molecule has 254 valence electrons. The minimum Gasteiger partial charge on any atom is -0.354 e. The molecule has 48 heavy (non-hydrogen) atoms. The zero-order valence-electron chi connectivity index (χ0n) is 26.2. The topological polar surface area (TPSA) is 86.8 Å². The summed E-state index contributed by atoms with van der Waals surface area (Å²) < 4.78 is 71.5. The molecule has 1 atom stereocenters. The molecule has 4 aromatic rings. The van der Waals surface area contributed by atoms with Crippen molar-refractivity contribution < 1.29 is 31.2 Å². The molecule has 4 aromatic carbocycles. The molecule has 0 fully saturated rings. The number of sulfonamides is 1. The molecule has 0 bridgehead atoms. The van der Waals surface area contributed by atoms with Crippen LogP contribution in [-0.2, 0) is 38.8 Å². The van der Waals surface area contributed by atoms with E-state index in [4.69, 9.17) is 11.6 Å². The molecule has 1 N–H and O–H groups in total. The first-order chi connectivity index (χ1) is 22.7. The fourth-order valence-corrected chi connectivity index (χ4v) is 7.08. The van der Waals surface area contributed by atoms with E-state index in [1.807, 2.05) is 25.1 Å². The second-order valence-corrected chi connectivity index (χ2v) is 14.3. The maximum absolute atomic E-state index is 14.5. The number of halogens is 5. The monoisotopic (exact) mass is 763 g/mol. The average Bonchev–Trinajstić information content (AvgIpc) is 3.04. The lowest BCUT2D eigenvalue weighted by molar-refractivity contribution is -0.140. The summed E-state index contributed by atoms with van der Waals surface area (Å²) in [6, 6.07) is 23.4. The Labute approximate surface area is 291 Å². The Kier molecular flexibility index (Phi) is 12.3. The van der Waals surface area contributed by atoms with Crippen LogP contribution >= 0.6 is 27.5 Å². The van der Waals surface area contributed by atoms with E-state index in [0.29, 0.717) is 33.4 Å². The maximum atomic E-state index is 14.5. The van der Waals surface area contributed by atoms with Crippen LogP contribution in [0, 0.1) is 6.92 Å². The highest BCUT2D eigenvalue weighted by atomic mass is 79.9. The fourth-order valence-electron chi connectivity index (χ4n) is 5.00. The van der Waals surface area contributed by atoms with E-state index in [-0.39, 0.29) is 17.9 Å². The largest absolute Gasteiger partial charge is 0.417 e. The van der Waals surface area contributed by atoms with Gasteiger partial charge < -0.3 is 10.2 Å². The first kappa shape index (κ1) is 37.0.